The van der Waals surface area contributed by atoms with Crippen LogP contribution < -0.4 is 5.32 Å². The van der Waals surface area contributed by atoms with Crippen molar-refractivity contribution in [1.82, 2.24) is 5.32 Å². The summed E-state index contributed by atoms with van der Waals surface area (Å²) in [5, 5.41) is 12.0. The molecule has 3 rings (SSSR count). The van der Waals surface area contributed by atoms with Crippen LogP contribution in [0.2, 0.25) is 0 Å². The number of ether oxygens (including phenoxy) is 1. The van der Waals surface area contributed by atoms with Gasteiger partial charge in [-0.1, -0.05) is 0 Å². The maximum absolute atomic E-state index is 10.9. The molecule has 4 nitrogen and oxygen atoms in total. The Hall–Kier alpha value is -0.610. The standard InChI is InChI=1S/C9H13NO3/c11-9(12)8-7-4(3-10-8)5-1-2-6(7)13-5/h4-8,10H,1-3H2,(H,11,12)/t4-,5-,6+,7-,8+/m0/s1. The molecule has 72 valence electrons. The second-order valence-corrected chi connectivity index (χ2v) is 4.26. The molecule has 3 aliphatic rings. The quantitative estimate of drug-likeness (QED) is 0.593. The topological polar surface area (TPSA) is 58.6 Å². The SMILES string of the molecule is O=C(O)[C@@H]1NC[C@@H]2[C@H]1[C@H]1CC[C@@H]2O1. The van der Waals surface area contributed by atoms with E-state index in [0.29, 0.717) is 12.0 Å². The van der Waals surface area contributed by atoms with Crippen LogP contribution in [-0.2, 0) is 9.53 Å². The zero-order valence-electron chi connectivity index (χ0n) is 7.27. The van der Waals surface area contributed by atoms with Crippen molar-refractivity contribution in [3.05, 3.63) is 0 Å². The number of carboxylic acid groups (broad SMARTS) is 1. The first-order valence-electron chi connectivity index (χ1n) is 4.89. The van der Waals surface area contributed by atoms with Crippen molar-refractivity contribution in [2.75, 3.05) is 6.54 Å². The van der Waals surface area contributed by atoms with Gasteiger partial charge in [0.15, 0.2) is 0 Å². The van der Waals surface area contributed by atoms with Crippen molar-refractivity contribution in [2.45, 2.75) is 31.1 Å². The fraction of sp³-hybridized carbons (Fsp3) is 0.889. The van der Waals surface area contributed by atoms with Crippen molar-refractivity contribution in [1.29, 1.82) is 0 Å². The summed E-state index contributed by atoms with van der Waals surface area (Å²) < 4.78 is 5.72. The number of fused-ring (bicyclic) bond motifs is 5. The lowest BCUT2D eigenvalue weighted by atomic mass is 9.78. The van der Waals surface area contributed by atoms with Crippen LogP contribution in [0.25, 0.3) is 0 Å². The van der Waals surface area contributed by atoms with Crippen LogP contribution in [0.4, 0.5) is 0 Å². The fourth-order valence-electron chi connectivity index (χ4n) is 3.19. The van der Waals surface area contributed by atoms with Gasteiger partial charge in [0, 0.05) is 18.4 Å². The zero-order valence-corrected chi connectivity index (χ0v) is 7.27. The van der Waals surface area contributed by atoms with E-state index < -0.39 is 5.97 Å². The van der Waals surface area contributed by atoms with E-state index in [-0.39, 0.29) is 18.1 Å². The van der Waals surface area contributed by atoms with Crippen molar-refractivity contribution >= 4 is 5.97 Å². The van der Waals surface area contributed by atoms with Gasteiger partial charge in [-0.05, 0) is 12.8 Å². The van der Waals surface area contributed by atoms with Crippen molar-refractivity contribution in [3.63, 3.8) is 0 Å². The van der Waals surface area contributed by atoms with E-state index in [1.165, 1.54) is 0 Å². The number of carboxylic acids is 1. The van der Waals surface area contributed by atoms with Crippen LogP contribution >= 0.6 is 0 Å². The van der Waals surface area contributed by atoms with Crippen LogP contribution in [0.15, 0.2) is 0 Å². The highest BCUT2D eigenvalue weighted by atomic mass is 16.5. The van der Waals surface area contributed by atoms with Crippen molar-refractivity contribution in [2.24, 2.45) is 11.8 Å². The number of aliphatic carboxylic acids is 1. The van der Waals surface area contributed by atoms with E-state index in [0.717, 1.165) is 19.4 Å². The third-order valence-electron chi connectivity index (χ3n) is 3.71. The lowest BCUT2D eigenvalue weighted by Gasteiger charge is -2.22. The van der Waals surface area contributed by atoms with Crippen LogP contribution in [0.1, 0.15) is 12.8 Å². The minimum Gasteiger partial charge on any atom is -0.480 e. The minimum atomic E-state index is -0.719. The largest absolute Gasteiger partial charge is 0.480 e. The second-order valence-electron chi connectivity index (χ2n) is 4.26. The van der Waals surface area contributed by atoms with E-state index in [9.17, 15) is 4.79 Å². The molecule has 0 aromatic carbocycles. The molecule has 3 aliphatic heterocycles. The Balaban J connectivity index is 1.87. The van der Waals surface area contributed by atoms with Gasteiger partial charge in [-0.3, -0.25) is 4.79 Å². The smallest absolute Gasteiger partial charge is 0.321 e. The Morgan fingerprint density at radius 1 is 1.38 bits per heavy atom. The molecular weight excluding hydrogens is 170 g/mol. The summed E-state index contributed by atoms with van der Waals surface area (Å²) in [4.78, 5) is 10.9. The highest BCUT2D eigenvalue weighted by Gasteiger charge is 2.56. The highest BCUT2D eigenvalue weighted by molar-refractivity contribution is 5.74. The van der Waals surface area contributed by atoms with Gasteiger partial charge in [-0.15, -0.1) is 0 Å². The van der Waals surface area contributed by atoms with Gasteiger partial charge < -0.3 is 15.2 Å². The van der Waals surface area contributed by atoms with Gasteiger partial charge >= 0.3 is 5.97 Å². The lowest BCUT2D eigenvalue weighted by molar-refractivity contribution is -0.140. The van der Waals surface area contributed by atoms with Gasteiger partial charge in [0.2, 0.25) is 0 Å². The molecule has 13 heavy (non-hydrogen) atoms. The number of nitrogens with one attached hydrogen (secondary N) is 1. The molecule has 3 saturated heterocycles. The third-order valence-corrected chi connectivity index (χ3v) is 3.71. The predicted octanol–water partition coefficient (Wildman–Crippen LogP) is -0.164. The van der Waals surface area contributed by atoms with Crippen LogP contribution in [-0.4, -0.2) is 35.9 Å². The molecule has 0 unspecified atom stereocenters. The summed E-state index contributed by atoms with van der Waals surface area (Å²) in [6.07, 6.45) is 2.73. The number of rotatable bonds is 1. The summed E-state index contributed by atoms with van der Waals surface area (Å²) in [5.41, 5.74) is 0. The first kappa shape index (κ1) is 7.76. The Morgan fingerprint density at radius 3 is 2.92 bits per heavy atom. The second kappa shape index (κ2) is 2.45. The van der Waals surface area contributed by atoms with Gasteiger partial charge in [-0.25, -0.2) is 0 Å². The molecule has 0 aliphatic carbocycles. The summed E-state index contributed by atoms with van der Waals surface area (Å²) in [6, 6.07) is -0.361. The molecule has 2 bridgehead atoms. The number of hydrogen-bond acceptors (Lipinski definition) is 3. The normalized spacial score (nSPS) is 52.5. The minimum absolute atomic E-state index is 0.214. The fourth-order valence-corrected chi connectivity index (χ4v) is 3.19. The third kappa shape index (κ3) is 0.901. The number of hydrogen-bond donors (Lipinski definition) is 2. The molecule has 0 saturated carbocycles. The monoisotopic (exact) mass is 183 g/mol. The summed E-state index contributed by atoms with van der Waals surface area (Å²) in [5.74, 6) is -0.0280. The molecule has 0 aromatic heterocycles. The lowest BCUT2D eigenvalue weighted by Crippen LogP contribution is -2.40. The van der Waals surface area contributed by atoms with E-state index in [2.05, 4.69) is 5.32 Å². The van der Waals surface area contributed by atoms with Gasteiger partial charge in [-0.2, -0.15) is 0 Å². The van der Waals surface area contributed by atoms with Crippen LogP contribution in [0, 0.1) is 11.8 Å². The Kier molecular flexibility index (Phi) is 1.46. The Morgan fingerprint density at radius 2 is 2.15 bits per heavy atom. The zero-order chi connectivity index (χ0) is 9.00. The van der Waals surface area contributed by atoms with Crippen LogP contribution in [0.5, 0.6) is 0 Å². The first-order chi connectivity index (χ1) is 6.27. The summed E-state index contributed by atoms with van der Waals surface area (Å²) in [6.45, 7) is 0.822. The molecule has 0 amide bonds. The van der Waals surface area contributed by atoms with Crippen molar-refractivity contribution in [3.8, 4) is 0 Å². The first-order valence-corrected chi connectivity index (χ1v) is 4.89. The molecule has 0 radical (unpaired) electrons. The molecule has 0 spiro atoms. The average molecular weight is 183 g/mol. The van der Waals surface area contributed by atoms with Crippen molar-refractivity contribution < 1.29 is 14.6 Å². The summed E-state index contributed by atoms with van der Waals surface area (Å²) in [7, 11) is 0. The van der Waals surface area contributed by atoms with Crippen LogP contribution in [0.3, 0.4) is 0 Å². The van der Waals surface area contributed by atoms with Gasteiger partial charge in [0.1, 0.15) is 6.04 Å². The molecule has 5 atom stereocenters. The summed E-state index contributed by atoms with van der Waals surface area (Å²) >= 11 is 0. The predicted molar refractivity (Wildman–Crippen MR) is 44.3 cm³/mol. The maximum Gasteiger partial charge on any atom is 0.321 e. The van der Waals surface area contributed by atoms with Gasteiger partial charge in [0.25, 0.3) is 0 Å². The molecule has 2 N–H and O–H groups in total. The molecular formula is C9H13NO3. The molecule has 3 fully saturated rings. The average Bonchev–Trinajstić information content (AvgIpc) is 2.76. The Bertz CT molecular complexity index is 255. The van der Waals surface area contributed by atoms with E-state index in [4.69, 9.17) is 9.84 Å². The molecule has 4 heteroatoms. The Labute approximate surface area is 76.3 Å². The molecule has 3 heterocycles. The van der Waals surface area contributed by atoms with E-state index >= 15 is 0 Å². The maximum atomic E-state index is 10.9. The number of carbonyl (C=O) groups is 1. The van der Waals surface area contributed by atoms with E-state index in [1.807, 2.05) is 0 Å². The highest BCUT2D eigenvalue weighted by Crippen LogP contribution is 2.47. The molecule has 0 aromatic rings. The van der Waals surface area contributed by atoms with E-state index in [1.54, 1.807) is 0 Å². The van der Waals surface area contributed by atoms with Gasteiger partial charge in [0.05, 0.1) is 12.2 Å².